The van der Waals surface area contributed by atoms with Crippen molar-refractivity contribution >= 4 is 29.0 Å². The standard InChI is InChI=1S/C27H32NO2P/c1-6-20(2)28-26(29)24-18-17-21(27(3,4)5)19-25(24)31(30,22-13-9-7-10-14-22)23-15-11-8-12-16-23/h7-20H,6H2,1-5H3,(H,28,29). The molecule has 0 saturated carbocycles. The van der Waals surface area contributed by atoms with E-state index in [2.05, 4.69) is 26.1 Å². The highest BCUT2D eigenvalue weighted by Gasteiger charge is 2.34. The molecule has 0 bridgehead atoms. The minimum absolute atomic E-state index is 0.0375. The van der Waals surface area contributed by atoms with Gasteiger partial charge in [0, 0.05) is 22.0 Å². The monoisotopic (exact) mass is 433 g/mol. The van der Waals surface area contributed by atoms with E-state index >= 15 is 0 Å². The number of carbonyl (C=O) groups excluding carboxylic acids is 1. The molecule has 3 aromatic carbocycles. The average molecular weight is 434 g/mol. The molecule has 0 aliphatic heterocycles. The zero-order valence-electron chi connectivity index (χ0n) is 19.1. The van der Waals surface area contributed by atoms with Crippen LogP contribution in [0.1, 0.15) is 57.0 Å². The van der Waals surface area contributed by atoms with Gasteiger partial charge in [-0.15, -0.1) is 0 Å². The van der Waals surface area contributed by atoms with Crippen molar-refractivity contribution < 1.29 is 9.36 Å². The minimum Gasteiger partial charge on any atom is -0.350 e. The lowest BCUT2D eigenvalue weighted by Gasteiger charge is -2.26. The van der Waals surface area contributed by atoms with Gasteiger partial charge in [0.2, 0.25) is 0 Å². The van der Waals surface area contributed by atoms with E-state index in [0.29, 0.717) is 10.9 Å². The molecular weight excluding hydrogens is 401 g/mol. The van der Waals surface area contributed by atoms with E-state index < -0.39 is 7.14 Å². The first-order valence-electron chi connectivity index (χ1n) is 10.8. The number of nitrogens with one attached hydrogen (secondary N) is 1. The predicted molar refractivity (Wildman–Crippen MR) is 132 cm³/mol. The van der Waals surface area contributed by atoms with E-state index in [1.54, 1.807) is 0 Å². The highest BCUT2D eigenvalue weighted by Crippen LogP contribution is 2.44. The molecule has 1 unspecified atom stereocenters. The molecule has 1 amide bonds. The smallest absolute Gasteiger partial charge is 0.252 e. The van der Waals surface area contributed by atoms with Crippen molar-refractivity contribution in [2.75, 3.05) is 0 Å². The second-order valence-electron chi connectivity index (χ2n) is 9.05. The fourth-order valence-electron chi connectivity index (χ4n) is 3.56. The van der Waals surface area contributed by atoms with Gasteiger partial charge in [-0.05, 0) is 36.5 Å². The highest BCUT2D eigenvalue weighted by atomic mass is 31.2. The van der Waals surface area contributed by atoms with Crippen molar-refractivity contribution in [2.24, 2.45) is 0 Å². The largest absolute Gasteiger partial charge is 0.350 e. The van der Waals surface area contributed by atoms with Gasteiger partial charge in [-0.2, -0.15) is 0 Å². The van der Waals surface area contributed by atoms with Crippen molar-refractivity contribution in [1.82, 2.24) is 5.32 Å². The summed E-state index contributed by atoms with van der Waals surface area (Å²) in [6.45, 7) is 10.4. The maximum Gasteiger partial charge on any atom is 0.252 e. The third-order valence-electron chi connectivity index (χ3n) is 5.68. The molecule has 3 nitrogen and oxygen atoms in total. The lowest BCUT2D eigenvalue weighted by Crippen LogP contribution is -2.37. The first kappa shape index (κ1) is 23.0. The second kappa shape index (κ2) is 9.24. The van der Waals surface area contributed by atoms with Gasteiger partial charge in [-0.1, -0.05) is 94.4 Å². The molecule has 31 heavy (non-hydrogen) atoms. The van der Waals surface area contributed by atoms with Crippen LogP contribution in [0.3, 0.4) is 0 Å². The van der Waals surface area contributed by atoms with E-state index in [1.807, 2.05) is 92.7 Å². The zero-order chi connectivity index (χ0) is 22.6. The Kier molecular flexibility index (Phi) is 6.86. The van der Waals surface area contributed by atoms with Crippen molar-refractivity contribution in [1.29, 1.82) is 0 Å². The molecule has 0 fully saturated rings. The molecule has 162 valence electrons. The zero-order valence-corrected chi connectivity index (χ0v) is 19.9. The molecule has 0 aliphatic carbocycles. The van der Waals surface area contributed by atoms with Crippen molar-refractivity contribution in [3.05, 3.63) is 90.0 Å². The fraction of sp³-hybridized carbons (Fsp3) is 0.296. The molecule has 0 aliphatic rings. The average Bonchev–Trinajstić information content (AvgIpc) is 2.78. The van der Waals surface area contributed by atoms with Gasteiger partial charge < -0.3 is 9.88 Å². The SMILES string of the molecule is CCC(C)NC(=O)c1ccc(C(C)(C)C)cc1P(=O)(c1ccccc1)c1ccccc1. The maximum atomic E-state index is 15.0. The van der Waals surface area contributed by atoms with E-state index in [4.69, 9.17) is 0 Å². The molecule has 0 spiro atoms. The lowest BCUT2D eigenvalue weighted by atomic mass is 9.86. The molecule has 3 aromatic rings. The van der Waals surface area contributed by atoms with Crippen molar-refractivity contribution in [3.63, 3.8) is 0 Å². The van der Waals surface area contributed by atoms with Crippen molar-refractivity contribution in [3.8, 4) is 0 Å². The Bertz CT molecular complexity index is 1040. The number of rotatable bonds is 6. The van der Waals surface area contributed by atoms with Crippen LogP contribution in [0.5, 0.6) is 0 Å². The third kappa shape index (κ3) is 4.83. The Balaban J connectivity index is 2.34. The van der Waals surface area contributed by atoms with Crippen LogP contribution in [0.4, 0.5) is 0 Å². The van der Waals surface area contributed by atoms with Gasteiger partial charge in [0.05, 0.1) is 5.56 Å². The van der Waals surface area contributed by atoms with Gasteiger partial charge in [-0.3, -0.25) is 4.79 Å². The number of hydrogen-bond acceptors (Lipinski definition) is 2. The first-order valence-corrected chi connectivity index (χ1v) is 12.6. The second-order valence-corrected chi connectivity index (χ2v) is 11.8. The molecule has 0 radical (unpaired) electrons. The van der Waals surface area contributed by atoms with Crippen LogP contribution in [0.25, 0.3) is 0 Å². The van der Waals surface area contributed by atoms with Gasteiger partial charge >= 0.3 is 0 Å². The van der Waals surface area contributed by atoms with Gasteiger partial charge in [0.15, 0.2) is 7.14 Å². The van der Waals surface area contributed by atoms with Crippen LogP contribution in [-0.4, -0.2) is 11.9 Å². The van der Waals surface area contributed by atoms with Gasteiger partial charge in [0.25, 0.3) is 5.91 Å². The van der Waals surface area contributed by atoms with Crippen LogP contribution in [-0.2, 0) is 9.98 Å². The number of hydrogen-bond donors (Lipinski definition) is 1. The van der Waals surface area contributed by atoms with Gasteiger partial charge in [-0.25, -0.2) is 0 Å². The Hall–Kier alpha value is -2.64. The highest BCUT2D eigenvalue weighted by molar-refractivity contribution is 7.85. The van der Waals surface area contributed by atoms with Crippen LogP contribution in [0, 0.1) is 0 Å². The normalized spacial score (nSPS) is 12.9. The summed E-state index contributed by atoms with van der Waals surface area (Å²) in [5.74, 6) is -0.183. The topological polar surface area (TPSA) is 46.2 Å². The summed E-state index contributed by atoms with van der Waals surface area (Å²) in [5.41, 5.74) is 1.39. The molecular formula is C27H32NO2P. The number of carbonyl (C=O) groups is 1. The number of benzene rings is 3. The van der Waals surface area contributed by atoms with E-state index in [0.717, 1.165) is 22.6 Å². The third-order valence-corrected chi connectivity index (χ3v) is 8.78. The maximum absolute atomic E-state index is 15.0. The molecule has 3 rings (SSSR count). The summed E-state index contributed by atoms with van der Waals surface area (Å²) >= 11 is 0. The van der Waals surface area contributed by atoms with Crippen LogP contribution >= 0.6 is 7.14 Å². The van der Waals surface area contributed by atoms with E-state index in [-0.39, 0.29) is 17.4 Å². The molecule has 0 saturated heterocycles. The van der Waals surface area contributed by atoms with Crippen LogP contribution < -0.4 is 21.2 Å². The Labute approximate surface area is 186 Å². The van der Waals surface area contributed by atoms with Crippen LogP contribution in [0.15, 0.2) is 78.9 Å². The summed E-state index contributed by atoms with van der Waals surface area (Å²) in [6, 6.07) is 24.9. The van der Waals surface area contributed by atoms with Crippen LogP contribution in [0.2, 0.25) is 0 Å². The van der Waals surface area contributed by atoms with Crippen molar-refractivity contribution in [2.45, 2.75) is 52.5 Å². The Morgan fingerprint density at radius 3 is 1.87 bits per heavy atom. The lowest BCUT2D eigenvalue weighted by molar-refractivity contribution is 0.0940. The first-order chi connectivity index (χ1) is 14.7. The Morgan fingerprint density at radius 2 is 1.42 bits per heavy atom. The predicted octanol–water partition coefficient (Wildman–Crippen LogP) is 5.15. The molecule has 0 heterocycles. The molecule has 1 atom stereocenters. The summed E-state index contributed by atoms with van der Waals surface area (Å²) in [4.78, 5) is 13.3. The molecule has 4 heteroatoms. The minimum atomic E-state index is -3.28. The van der Waals surface area contributed by atoms with Gasteiger partial charge in [0.1, 0.15) is 0 Å². The number of amides is 1. The molecule has 0 aromatic heterocycles. The van der Waals surface area contributed by atoms with E-state index in [9.17, 15) is 9.36 Å². The molecule has 1 N–H and O–H groups in total. The summed E-state index contributed by atoms with van der Waals surface area (Å²) in [5, 5.41) is 5.11. The Morgan fingerprint density at radius 1 is 0.903 bits per heavy atom. The summed E-state index contributed by atoms with van der Waals surface area (Å²) in [7, 11) is -3.28. The van der Waals surface area contributed by atoms with E-state index in [1.165, 1.54) is 0 Å². The fourth-order valence-corrected chi connectivity index (χ4v) is 6.43. The summed E-state index contributed by atoms with van der Waals surface area (Å²) in [6.07, 6.45) is 0.830. The quantitative estimate of drug-likeness (QED) is 0.547. The summed E-state index contributed by atoms with van der Waals surface area (Å²) < 4.78 is 15.0.